The van der Waals surface area contributed by atoms with Crippen LogP contribution in [0, 0.1) is 11.8 Å². The second-order valence-corrected chi connectivity index (χ2v) is 8.59. The van der Waals surface area contributed by atoms with Crippen molar-refractivity contribution in [3.05, 3.63) is 35.2 Å². The molecule has 0 saturated carbocycles. The number of rotatable bonds is 6. The van der Waals surface area contributed by atoms with E-state index in [1.54, 1.807) is 0 Å². The van der Waals surface area contributed by atoms with Gasteiger partial charge in [-0.3, -0.25) is 9.59 Å². The Hall–Kier alpha value is -2.21. The van der Waals surface area contributed by atoms with Gasteiger partial charge in [0.05, 0.1) is 5.69 Å². The van der Waals surface area contributed by atoms with E-state index in [1.165, 1.54) is 16.9 Å². The number of thiazole rings is 1. The average Bonchev–Trinajstić information content (AvgIpc) is 3.16. The molecule has 150 valence electrons. The van der Waals surface area contributed by atoms with Gasteiger partial charge in [0.15, 0.2) is 5.13 Å². The maximum Gasteiger partial charge on any atom is 0.229 e. The van der Waals surface area contributed by atoms with Crippen molar-refractivity contribution >= 4 is 28.3 Å². The second-order valence-electron chi connectivity index (χ2n) is 7.73. The molecule has 0 bridgehead atoms. The summed E-state index contributed by atoms with van der Waals surface area (Å²) in [6.07, 6.45) is 3.64. The third-order valence-electron chi connectivity index (χ3n) is 5.19. The fourth-order valence-corrected chi connectivity index (χ4v) is 4.25. The Bertz CT molecular complexity index is 805. The van der Waals surface area contributed by atoms with Crippen LogP contribution >= 0.6 is 11.3 Å². The lowest BCUT2D eigenvalue weighted by molar-refractivity contribution is -0.137. The van der Waals surface area contributed by atoms with Crippen LogP contribution in [0.3, 0.4) is 0 Å². The molecule has 6 heteroatoms. The van der Waals surface area contributed by atoms with Crippen molar-refractivity contribution in [1.82, 2.24) is 9.88 Å². The van der Waals surface area contributed by atoms with Gasteiger partial charge in [-0.25, -0.2) is 4.98 Å². The summed E-state index contributed by atoms with van der Waals surface area (Å²) in [4.78, 5) is 31.1. The van der Waals surface area contributed by atoms with E-state index in [2.05, 4.69) is 41.5 Å². The Morgan fingerprint density at radius 1 is 1.21 bits per heavy atom. The lowest BCUT2D eigenvalue weighted by Crippen LogP contribution is -2.43. The van der Waals surface area contributed by atoms with Gasteiger partial charge in [-0.2, -0.15) is 0 Å². The highest BCUT2D eigenvalue weighted by molar-refractivity contribution is 7.14. The molecule has 0 unspecified atom stereocenters. The number of aryl methyl sites for hydroxylation is 1. The summed E-state index contributed by atoms with van der Waals surface area (Å²) < 4.78 is 0. The minimum Gasteiger partial charge on any atom is -0.342 e. The predicted octanol–water partition coefficient (Wildman–Crippen LogP) is 4.60. The fraction of sp³-hybridized carbons (Fsp3) is 0.500. The van der Waals surface area contributed by atoms with Crippen molar-refractivity contribution in [2.75, 3.05) is 18.4 Å². The summed E-state index contributed by atoms with van der Waals surface area (Å²) in [6.45, 7) is 7.32. The number of anilines is 1. The van der Waals surface area contributed by atoms with Crippen LogP contribution in [0.5, 0.6) is 0 Å². The van der Waals surface area contributed by atoms with Crippen molar-refractivity contribution in [1.29, 1.82) is 0 Å². The molecule has 1 N–H and O–H groups in total. The number of piperidine rings is 1. The summed E-state index contributed by atoms with van der Waals surface area (Å²) in [5, 5.41) is 5.58. The third kappa shape index (κ3) is 4.98. The van der Waals surface area contributed by atoms with Crippen LogP contribution in [-0.4, -0.2) is 34.8 Å². The first-order chi connectivity index (χ1) is 13.5. The van der Waals surface area contributed by atoms with E-state index >= 15 is 0 Å². The number of hydrogen-bond donors (Lipinski definition) is 1. The van der Waals surface area contributed by atoms with E-state index in [0.29, 0.717) is 31.1 Å². The predicted molar refractivity (Wildman–Crippen MR) is 114 cm³/mol. The molecule has 1 aromatic carbocycles. The molecule has 1 aromatic heterocycles. The van der Waals surface area contributed by atoms with E-state index in [-0.39, 0.29) is 23.7 Å². The Morgan fingerprint density at radius 2 is 1.89 bits per heavy atom. The lowest BCUT2D eigenvalue weighted by Gasteiger charge is -2.32. The topological polar surface area (TPSA) is 62.3 Å². The van der Waals surface area contributed by atoms with Gasteiger partial charge < -0.3 is 10.2 Å². The third-order valence-corrected chi connectivity index (χ3v) is 5.95. The fourth-order valence-electron chi connectivity index (χ4n) is 3.53. The molecular formula is C22H29N3O2S. The molecule has 5 nitrogen and oxygen atoms in total. The van der Waals surface area contributed by atoms with Crippen molar-refractivity contribution in [2.24, 2.45) is 11.8 Å². The molecule has 2 heterocycles. The number of benzene rings is 1. The maximum absolute atomic E-state index is 12.6. The first-order valence-electron chi connectivity index (χ1n) is 10.1. The second kappa shape index (κ2) is 9.32. The van der Waals surface area contributed by atoms with E-state index in [9.17, 15) is 9.59 Å². The van der Waals surface area contributed by atoms with Gasteiger partial charge in [0.1, 0.15) is 0 Å². The number of amides is 2. The van der Waals surface area contributed by atoms with Crippen molar-refractivity contribution in [3.8, 4) is 11.3 Å². The standard InChI is InChI=1S/C22H29N3O2S/c1-4-5-16-6-8-17(9-7-16)19-14-28-22(23-19)24-20(26)18-10-12-25(13-11-18)21(27)15(2)3/h6-9,14-15,18H,4-5,10-13H2,1-3H3,(H,23,24,26). The highest BCUT2D eigenvalue weighted by Crippen LogP contribution is 2.27. The average molecular weight is 400 g/mol. The number of carbonyl (C=O) groups excluding carboxylic acids is 2. The van der Waals surface area contributed by atoms with Gasteiger partial charge in [0.2, 0.25) is 11.8 Å². The molecule has 0 atom stereocenters. The van der Waals surface area contributed by atoms with Crippen LogP contribution in [0.1, 0.15) is 45.6 Å². The van der Waals surface area contributed by atoms with Gasteiger partial charge in [-0.1, -0.05) is 51.5 Å². The smallest absolute Gasteiger partial charge is 0.229 e. The normalized spacial score (nSPS) is 15.1. The largest absolute Gasteiger partial charge is 0.342 e. The number of likely N-dealkylation sites (tertiary alicyclic amines) is 1. The van der Waals surface area contributed by atoms with Gasteiger partial charge in [0.25, 0.3) is 0 Å². The van der Waals surface area contributed by atoms with E-state index in [1.807, 2.05) is 24.1 Å². The minimum atomic E-state index is -0.0584. The van der Waals surface area contributed by atoms with Crippen molar-refractivity contribution < 1.29 is 9.59 Å². The molecule has 0 aliphatic carbocycles. The first kappa shape index (κ1) is 20.5. The van der Waals surface area contributed by atoms with Gasteiger partial charge in [-0.15, -0.1) is 11.3 Å². The van der Waals surface area contributed by atoms with Crippen LogP contribution in [-0.2, 0) is 16.0 Å². The molecule has 0 spiro atoms. The highest BCUT2D eigenvalue weighted by Gasteiger charge is 2.28. The lowest BCUT2D eigenvalue weighted by atomic mass is 9.95. The SMILES string of the molecule is CCCc1ccc(-c2csc(NC(=O)C3CCN(C(=O)C(C)C)CC3)n2)cc1. The zero-order valence-corrected chi connectivity index (χ0v) is 17.7. The van der Waals surface area contributed by atoms with Crippen molar-refractivity contribution in [2.45, 2.75) is 46.5 Å². The quantitative estimate of drug-likeness (QED) is 0.772. The molecule has 1 aliphatic rings. The Labute approximate surface area is 171 Å². The van der Waals surface area contributed by atoms with E-state index in [4.69, 9.17) is 0 Å². The number of nitrogens with zero attached hydrogens (tertiary/aromatic N) is 2. The Balaban J connectivity index is 1.55. The Morgan fingerprint density at radius 3 is 2.50 bits per heavy atom. The van der Waals surface area contributed by atoms with Gasteiger partial charge in [-0.05, 0) is 24.8 Å². The van der Waals surface area contributed by atoms with Crippen LogP contribution < -0.4 is 5.32 Å². The summed E-state index contributed by atoms with van der Waals surface area (Å²) in [5.41, 5.74) is 3.29. The van der Waals surface area contributed by atoms with Crippen LogP contribution in [0.25, 0.3) is 11.3 Å². The number of carbonyl (C=O) groups is 2. The molecule has 1 saturated heterocycles. The molecule has 2 aromatic rings. The van der Waals surface area contributed by atoms with Crippen molar-refractivity contribution in [3.63, 3.8) is 0 Å². The molecule has 1 fully saturated rings. The first-order valence-corrected chi connectivity index (χ1v) is 11.0. The molecule has 3 rings (SSSR count). The monoisotopic (exact) mass is 399 g/mol. The highest BCUT2D eigenvalue weighted by atomic mass is 32.1. The zero-order chi connectivity index (χ0) is 20.1. The molecular weight excluding hydrogens is 370 g/mol. The molecule has 2 amide bonds. The van der Waals surface area contributed by atoms with Crippen LogP contribution in [0.4, 0.5) is 5.13 Å². The minimum absolute atomic E-state index is 0.00940. The maximum atomic E-state index is 12.6. The molecule has 0 radical (unpaired) electrons. The summed E-state index contributed by atoms with van der Waals surface area (Å²) in [7, 11) is 0. The number of aromatic nitrogens is 1. The summed E-state index contributed by atoms with van der Waals surface area (Å²) >= 11 is 1.45. The van der Waals surface area contributed by atoms with E-state index in [0.717, 1.165) is 24.1 Å². The van der Waals surface area contributed by atoms with Crippen LogP contribution in [0.2, 0.25) is 0 Å². The van der Waals surface area contributed by atoms with E-state index < -0.39 is 0 Å². The number of nitrogens with one attached hydrogen (secondary N) is 1. The summed E-state index contributed by atoms with van der Waals surface area (Å²) in [5.74, 6) is 0.135. The number of hydrogen-bond acceptors (Lipinski definition) is 4. The zero-order valence-electron chi connectivity index (χ0n) is 16.9. The molecule has 28 heavy (non-hydrogen) atoms. The Kier molecular flexibility index (Phi) is 6.83. The molecule has 1 aliphatic heterocycles. The summed E-state index contributed by atoms with van der Waals surface area (Å²) in [6, 6.07) is 8.46. The van der Waals surface area contributed by atoms with Gasteiger partial charge >= 0.3 is 0 Å². The van der Waals surface area contributed by atoms with Gasteiger partial charge in [0, 0.05) is 35.9 Å². The van der Waals surface area contributed by atoms with Crippen LogP contribution in [0.15, 0.2) is 29.6 Å².